The number of aromatic hydroxyl groups is 1. The maximum Gasteiger partial charge on any atom is 0.157 e. The molecular formula is C21H24N2O2S. The van der Waals surface area contributed by atoms with Gasteiger partial charge in [-0.1, -0.05) is 44.7 Å². The van der Waals surface area contributed by atoms with E-state index in [0.717, 1.165) is 39.7 Å². The fraction of sp³-hybridized carbons (Fsp3) is 0.381. The molecule has 2 aliphatic rings. The Morgan fingerprint density at radius 3 is 2.27 bits per heavy atom. The largest absolute Gasteiger partial charge is 0.507 e. The van der Waals surface area contributed by atoms with Gasteiger partial charge in [0, 0.05) is 9.79 Å². The lowest BCUT2D eigenvalue weighted by molar-refractivity contribution is -0.138. The third kappa shape index (κ3) is 2.53. The molecule has 4 rings (SSSR count). The van der Waals surface area contributed by atoms with Gasteiger partial charge in [-0.15, -0.1) is 0 Å². The smallest absolute Gasteiger partial charge is 0.157 e. The van der Waals surface area contributed by atoms with Gasteiger partial charge in [-0.2, -0.15) is 0 Å². The summed E-state index contributed by atoms with van der Waals surface area (Å²) in [5.41, 5.74) is 2.24. The zero-order chi connectivity index (χ0) is 18.7. The summed E-state index contributed by atoms with van der Waals surface area (Å²) < 4.78 is 0. The zero-order valence-electron chi connectivity index (χ0n) is 15.3. The van der Waals surface area contributed by atoms with E-state index < -0.39 is 5.54 Å². The maximum absolute atomic E-state index is 10.5. The zero-order valence-corrected chi connectivity index (χ0v) is 16.2. The van der Waals surface area contributed by atoms with E-state index in [1.54, 1.807) is 17.8 Å². The number of phenols is 1. The van der Waals surface area contributed by atoms with E-state index in [0.29, 0.717) is 5.56 Å². The van der Waals surface area contributed by atoms with Crippen molar-refractivity contribution in [2.45, 2.75) is 60.8 Å². The first-order chi connectivity index (χ1) is 12.2. The first kappa shape index (κ1) is 17.4. The second kappa shape index (κ2) is 5.76. The highest BCUT2D eigenvalue weighted by Gasteiger charge is 2.53. The van der Waals surface area contributed by atoms with E-state index in [2.05, 4.69) is 45.0 Å². The minimum Gasteiger partial charge on any atom is -0.507 e. The fourth-order valence-corrected chi connectivity index (χ4v) is 4.75. The Bertz CT molecular complexity index is 880. The normalized spacial score (nSPS) is 18.2. The molecule has 3 N–H and O–H groups in total. The summed E-state index contributed by atoms with van der Waals surface area (Å²) in [5.74, 6) is 0.0763. The van der Waals surface area contributed by atoms with Crippen LogP contribution in [-0.4, -0.2) is 21.2 Å². The molecule has 4 nitrogen and oxygen atoms in total. The molecule has 0 bridgehead atoms. The van der Waals surface area contributed by atoms with Crippen LogP contribution in [0.25, 0.3) is 0 Å². The van der Waals surface area contributed by atoms with Crippen molar-refractivity contribution in [1.29, 1.82) is 5.41 Å². The van der Waals surface area contributed by atoms with Crippen molar-refractivity contribution >= 4 is 17.6 Å². The number of hydroxylamine groups is 2. The van der Waals surface area contributed by atoms with E-state index in [1.165, 1.54) is 5.56 Å². The van der Waals surface area contributed by atoms with Crippen molar-refractivity contribution in [2.24, 2.45) is 0 Å². The van der Waals surface area contributed by atoms with Crippen LogP contribution in [0.3, 0.4) is 0 Å². The number of nitrogens with one attached hydrogen (secondary N) is 1. The SMILES string of the molecule is CC(C)(C)c1ccc(Sc2cc(O)c3c(c2)C2(CCC2)N(O)C3=N)cc1. The number of fused-ring (bicyclic) bond motifs is 2. The molecule has 26 heavy (non-hydrogen) atoms. The lowest BCUT2D eigenvalue weighted by atomic mass is 9.72. The van der Waals surface area contributed by atoms with Crippen LogP contribution in [0.15, 0.2) is 46.2 Å². The van der Waals surface area contributed by atoms with Crippen molar-refractivity contribution < 1.29 is 10.3 Å². The quantitative estimate of drug-likeness (QED) is 0.677. The van der Waals surface area contributed by atoms with Gasteiger partial charge in [-0.05, 0) is 60.1 Å². The summed E-state index contributed by atoms with van der Waals surface area (Å²) in [5, 5.41) is 30.1. The van der Waals surface area contributed by atoms with Crippen molar-refractivity contribution in [3.05, 3.63) is 53.1 Å². The summed E-state index contributed by atoms with van der Waals surface area (Å²) >= 11 is 1.59. The van der Waals surface area contributed by atoms with Crippen LogP contribution < -0.4 is 0 Å². The predicted molar refractivity (Wildman–Crippen MR) is 103 cm³/mol. The van der Waals surface area contributed by atoms with Gasteiger partial charge >= 0.3 is 0 Å². The number of amidine groups is 1. The second-order valence-electron chi connectivity index (χ2n) is 8.29. The van der Waals surface area contributed by atoms with Crippen LogP contribution in [0.4, 0.5) is 0 Å². The Balaban J connectivity index is 1.68. The molecule has 5 heteroatoms. The molecule has 0 unspecified atom stereocenters. The molecule has 0 saturated heterocycles. The highest BCUT2D eigenvalue weighted by Crippen LogP contribution is 2.54. The van der Waals surface area contributed by atoms with Gasteiger partial charge in [0.2, 0.25) is 0 Å². The third-order valence-electron chi connectivity index (χ3n) is 5.58. The lowest BCUT2D eigenvalue weighted by Crippen LogP contribution is -2.46. The van der Waals surface area contributed by atoms with E-state index >= 15 is 0 Å². The van der Waals surface area contributed by atoms with Gasteiger partial charge in [0.15, 0.2) is 5.84 Å². The molecule has 0 atom stereocenters. The number of hydrogen-bond donors (Lipinski definition) is 3. The monoisotopic (exact) mass is 368 g/mol. The van der Waals surface area contributed by atoms with Crippen molar-refractivity contribution in [2.75, 3.05) is 0 Å². The minimum atomic E-state index is -0.517. The molecule has 136 valence electrons. The number of benzene rings is 2. The predicted octanol–water partition coefficient (Wildman–Crippen LogP) is 5.25. The summed E-state index contributed by atoms with van der Waals surface area (Å²) in [7, 11) is 0. The lowest BCUT2D eigenvalue weighted by Gasteiger charge is -2.43. The molecule has 1 heterocycles. The van der Waals surface area contributed by atoms with Crippen LogP contribution in [-0.2, 0) is 11.0 Å². The first-order valence-electron chi connectivity index (χ1n) is 8.96. The maximum atomic E-state index is 10.5. The number of rotatable bonds is 2. The molecule has 0 amide bonds. The highest BCUT2D eigenvalue weighted by molar-refractivity contribution is 7.99. The molecule has 2 aromatic carbocycles. The van der Waals surface area contributed by atoms with Gasteiger partial charge in [0.1, 0.15) is 5.75 Å². The summed E-state index contributed by atoms with van der Waals surface area (Å²) in [6.45, 7) is 6.59. The third-order valence-corrected chi connectivity index (χ3v) is 6.56. The van der Waals surface area contributed by atoms with E-state index in [4.69, 9.17) is 5.41 Å². The van der Waals surface area contributed by atoms with Gasteiger partial charge in [-0.3, -0.25) is 10.6 Å². The molecule has 2 aromatic rings. The standard InChI is InChI=1S/C21H24N2O2S/c1-20(2,3)13-5-7-14(8-6-13)26-15-11-16-18(17(24)12-15)19(22)23(25)21(16)9-4-10-21/h5-8,11-12,22,24-25H,4,9-10H2,1-3H3. The molecule has 1 saturated carbocycles. The Morgan fingerprint density at radius 2 is 1.73 bits per heavy atom. The molecule has 1 aliphatic carbocycles. The topological polar surface area (TPSA) is 67.6 Å². The second-order valence-corrected chi connectivity index (χ2v) is 9.43. The van der Waals surface area contributed by atoms with E-state index in [-0.39, 0.29) is 17.0 Å². The van der Waals surface area contributed by atoms with E-state index in [1.807, 2.05) is 6.07 Å². The van der Waals surface area contributed by atoms with Crippen molar-refractivity contribution in [1.82, 2.24) is 5.06 Å². The number of nitrogens with zero attached hydrogens (tertiary/aromatic N) is 1. The van der Waals surface area contributed by atoms with Gasteiger partial charge in [0.05, 0.1) is 11.1 Å². The summed E-state index contributed by atoms with van der Waals surface area (Å²) in [4.78, 5) is 2.04. The highest BCUT2D eigenvalue weighted by atomic mass is 32.2. The average molecular weight is 369 g/mol. The number of hydrogen-bond acceptors (Lipinski definition) is 4. The number of phenolic OH excluding ortho intramolecular Hbond substituents is 1. The van der Waals surface area contributed by atoms with Gasteiger partial charge in [0.25, 0.3) is 0 Å². The summed E-state index contributed by atoms with van der Waals surface area (Å²) in [6, 6.07) is 12.2. The van der Waals surface area contributed by atoms with Crippen molar-refractivity contribution in [3.63, 3.8) is 0 Å². The molecular weight excluding hydrogens is 344 g/mol. The van der Waals surface area contributed by atoms with Crippen LogP contribution in [0, 0.1) is 5.41 Å². The Hall–Kier alpha value is -1.98. The Kier molecular flexibility index (Phi) is 3.86. The van der Waals surface area contributed by atoms with Crippen LogP contribution >= 0.6 is 11.8 Å². The fourth-order valence-electron chi connectivity index (χ4n) is 3.86. The van der Waals surface area contributed by atoms with Crippen molar-refractivity contribution in [3.8, 4) is 5.75 Å². The molecule has 1 fully saturated rings. The van der Waals surface area contributed by atoms with Gasteiger partial charge < -0.3 is 5.11 Å². The molecule has 1 spiro atoms. The summed E-state index contributed by atoms with van der Waals surface area (Å²) in [6.07, 6.45) is 2.65. The Labute approximate surface area is 158 Å². The van der Waals surface area contributed by atoms with Crippen LogP contribution in [0.1, 0.15) is 56.7 Å². The molecule has 0 aromatic heterocycles. The van der Waals surface area contributed by atoms with Gasteiger partial charge in [-0.25, -0.2) is 5.06 Å². The Morgan fingerprint density at radius 1 is 1.08 bits per heavy atom. The molecule has 0 radical (unpaired) electrons. The minimum absolute atomic E-state index is 0.00304. The van der Waals surface area contributed by atoms with Crippen LogP contribution in [0.2, 0.25) is 0 Å². The van der Waals surface area contributed by atoms with Crippen LogP contribution in [0.5, 0.6) is 5.75 Å². The molecule has 1 aliphatic heterocycles. The van der Waals surface area contributed by atoms with E-state index in [9.17, 15) is 10.3 Å². The average Bonchev–Trinajstić information content (AvgIpc) is 2.75. The first-order valence-corrected chi connectivity index (χ1v) is 9.78.